The van der Waals surface area contributed by atoms with Crippen LogP contribution in [0.2, 0.25) is 5.02 Å². The molecule has 0 aliphatic carbocycles. The van der Waals surface area contributed by atoms with Gasteiger partial charge in [-0.15, -0.1) is 0 Å². The molecule has 1 aromatic heterocycles. The summed E-state index contributed by atoms with van der Waals surface area (Å²) in [5, 5.41) is 0.665. The fourth-order valence-electron chi connectivity index (χ4n) is 2.42. The summed E-state index contributed by atoms with van der Waals surface area (Å²) in [6.07, 6.45) is 1.33. The van der Waals surface area contributed by atoms with Gasteiger partial charge in [0.25, 0.3) is 0 Å². The Labute approximate surface area is 141 Å². The standard InChI is InChI=1S/C18H21ClN2O2/c1-5-14-16(18(22)23-4)15(10-11(2)3)21-17(20-14)12-6-8-13(19)9-7-12/h6-9,11H,5,10H2,1-4H3. The topological polar surface area (TPSA) is 52.1 Å². The van der Waals surface area contributed by atoms with Crippen LogP contribution in [0.15, 0.2) is 24.3 Å². The fraction of sp³-hybridized carbons (Fsp3) is 0.389. The molecule has 23 heavy (non-hydrogen) atoms. The Kier molecular flexibility index (Phi) is 5.72. The molecule has 2 rings (SSSR count). The molecule has 0 fully saturated rings. The van der Waals surface area contributed by atoms with E-state index in [-0.39, 0.29) is 5.97 Å². The Balaban J connectivity index is 2.62. The number of rotatable bonds is 5. The van der Waals surface area contributed by atoms with Gasteiger partial charge in [-0.1, -0.05) is 32.4 Å². The van der Waals surface area contributed by atoms with Crippen molar-refractivity contribution in [3.8, 4) is 11.4 Å². The molecule has 0 N–H and O–H groups in total. The quantitative estimate of drug-likeness (QED) is 0.764. The predicted molar refractivity (Wildman–Crippen MR) is 91.7 cm³/mol. The number of ether oxygens (including phenoxy) is 1. The third kappa shape index (κ3) is 4.08. The van der Waals surface area contributed by atoms with Gasteiger partial charge in [0.05, 0.1) is 18.5 Å². The van der Waals surface area contributed by atoms with Crippen molar-refractivity contribution < 1.29 is 9.53 Å². The van der Waals surface area contributed by atoms with Gasteiger partial charge in [-0.2, -0.15) is 0 Å². The summed E-state index contributed by atoms with van der Waals surface area (Å²) < 4.78 is 4.93. The van der Waals surface area contributed by atoms with Crippen molar-refractivity contribution in [3.05, 3.63) is 46.2 Å². The molecule has 0 spiro atoms. The zero-order chi connectivity index (χ0) is 17.0. The SMILES string of the molecule is CCc1nc(-c2ccc(Cl)cc2)nc(CC(C)C)c1C(=O)OC. The van der Waals surface area contributed by atoms with E-state index in [0.717, 1.165) is 11.3 Å². The minimum atomic E-state index is -0.375. The van der Waals surface area contributed by atoms with Crippen LogP contribution in [-0.4, -0.2) is 23.0 Å². The zero-order valence-corrected chi connectivity index (χ0v) is 14.6. The van der Waals surface area contributed by atoms with Crippen LogP contribution >= 0.6 is 11.6 Å². The van der Waals surface area contributed by atoms with Crippen molar-refractivity contribution in [2.75, 3.05) is 7.11 Å². The van der Waals surface area contributed by atoms with E-state index in [1.807, 2.05) is 31.2 Å². The highest BCUT2D eigenvalue weighted by Gasteiger charge is 2.21. The van der Waals surface area contributed by atoms with E-state index < -0.39 is 0 Å². The molecule has 5 heteroatoms. The maximum Gasteiger partial charge on any atom is 0.341 e. The smallest absolute Gasteiger partial charge is 0.341 e. The summed E-state index contributed by atoms with van der Waals surface area (Å²) in [5.74, 6) is 0.609. The molecule has 4 nitrogen and oxygen atoms in total. The number of esters is 1. The number of nitrogens with zero attached hydrogens (tertiary/aromatic N) is 2. The molecule has 0 amide bonds. The monoisotopic (exact) mass is 332 g/mol. The molecule has 0 aliphatic rings. The van der Waals surface area contributed by atoms with Crippen molar-refractivity contribution >= 4 is 17.6 Å². The van der Waals surface area contributed by atoms with Crippen LogP contribution in [0, 0.1) is 5.92 Å². The molecule has 2 aromatic rings. The molecule has 0 bridgehead atoms. The van der Waals surface area contributed by atoms with Gasteiger partial charge in [-0.05, 0) is 43.0 Å². The summed E-state index contributed by atoms with van der Waals surface area (Å²) in [5.41, 5.74) is 2.84. The van der Waals surface area contributed by atoms with Crippen molar-refractivity contribution in [2.24, 2.45) is 5.92 Å². The molecule has 1 heterocycles. The van der Waals surface area contributed by atoms with Gasteiger partial charge in [-0.3, -0.25) is 0 Å². The first-order chi connectivity index (χ1) is 11.0. The van der Waals surface area contributed by atoms with Crippen LogP contribution in [0.3, 0.4) is 0 Å². The van der Waals surface area contributed by atoms with Crippen molar-refractivity contribution in [2.45, 2.75) is 33.6 Å². The lowest BCUT2D eigenvalue weighted by Crippen LogP contribution is -2.16. The molecular formula is C18H21ClN2O2. The molecule has 0 atom stereocenters. The second kappa shape index (κ2) is 7.55. The van der Waals surface area contributed by atoms with E-state index in [0.29, 0.717) is 40.9 Å². The van der Waals surface area contributed by atoms with Gasteiger partial charge < -0.3 is 4.74 Å². The highest BCUT2D eigenvalue weighted by atomic mass is 35.5. The first-order valence-electron chi connectivity index (χ1n) is 7.70. The van der Waals surface area contributed by atoms with Crippen molar-refractivity contribution in [1.82, 2.24) is 9.97 Å². The first kappa shape index (κ1) is 17.4. The molecule has 0 unspecified atom stereocenters. The van der Waals surface area contributed by atoms with Crippen LogP contribution in [-0.2, 0) is 17.6 Å². The number of carbonyl (C=O) groups excluding carboxylic acids is 1. The second-order valence-electron chi connectivity index (χ2n) is 5.77. The Bertz CT molecular complexity index is 697. The van der Waals surface area contributed by atoms with E-state index in [2.05, 4.69) is 23.8 Å². The average Bonchev–Trinajstić information content (AvgIpc) is 2.53. The summed E-state index contributed by atoms with van der Waals surface area (Å²) >= 11 is 5.94. The van der Waals surface area contributed by atoms with E-state index in [1.54, 1.807) is 0 Å². The lowest BCUT2D eigenvalue weighted by Gasteiger charge is -2.14. The van der Waals surface area contributed by atoms with Crippen LogP contribution in [0.4, 0.5) is 0 Å². The highest BCUT2D eigenvalue weighted by molar-refractivity contribution is 6.30. The molecule has 0 aliphatic heterocycles. The minimum Gasteiger partial charge on any atom is -0.465 e. The van der Waals surface area contributed by atoms with Gasteiger partial charge in [0.2, 0.25) is 0 Å². The maximum absolute atomic E-state index is 12.2. The highest BCUT2D eigenvalue weighted by Crippen LogP contribution is 2.23. The Hall–Kier alpha value is -1.94. The number of methoxy groups -OCH3 is 1. The zero-order valence-electron chi connectivity index (χ0n) is 13.9. The lowest BCUT2D eigenvalue weighted by atomic mass is 10.0. The van der Waals surface area contributed by atoms with E-state index in [1.165, 1.54) is 7.11 Å². The van der Waals surface area contributed by atoms with Crippen molar-refractivity contribution in [3.63, 3.8) is 0 Å². The minimum absolute atomic E-state index is 0.371. The molecule has 0 saturated heterocycles. The van der Waals surface area contributed by atoms with Gasteiger partial charge in [0, 0.05) is 10.6 Å². The predicted octanol–water partition coefficient (Wildman–Crippen LogP) is 4.34. The Morgan fingerprint density at radius 3 is 2.30 bits per heavy atom. The Morgan fingerprint density at radius 1 is 1.17 bits per heavy atom. The van der Waals surface area contributed by atoms with E-state index >= 15 is 0 Å². The number of benzene rings is 1. The molecular weight excluding hydrogens is 312 g/mol. The van der Waals surface area contributed by atoms with Gasteiger partial charge in [-0.25, -0.2) is 14.8 Å². The van der Waals surface area contributed by atoms with Crippen LogP contribution in [0.1, 0.15) is 42.5 Å². The summed E-state index contributed by atoms with van der Waals surface area (Å²) in [6, 6.07) is 7.38. The van der Waals surface area contributed by atoms with Crippen LogP contribution in [0.25, 0.3) is 11.4 Å². The molecule has 0 saturated carbocycles. The number of hydrogen-bond acceptors (Lipinski definition) is 4. The van der Waals surface area contributed by atoms with Gasteiger partial charge >= 0.3 is 5.97 Å². The number of aryl methyl sites for hydroxylation is 1. The summed E-state index contributed by atoms with van der Waals surface area (Å²) in [4.78, 5) is 21.4. The third-order valence-electron chi connectivity index (χ3n) is 3.49. The lowest BCUT2D eigenvalue weighted by molar-refractivity contribution is 0.0597. The largest absolute Gasteiger partial charge is 0.465 e. The average molecular weight is 333 g/mol. The molecule has 0 radical (unpaired) electrons. The number of aromatic nitrogens is 2. The van der Waals surface area contributed by atoms with Crippen molar-refractivity contribution in [1.29, 1.82) is 0 Å². The van der Waals surface area contributed by atoms with Gasteiger partial charge in [0.15, 0.2) is 5.82 Å². The first-order valence-corrected chi connectivity index (χ1v) is 8.08. The van der Waals surface area contributed by atoms with Crippen LogP contribution in [0.5, 0.6) is 0 Å². The maximum atomic E-state index is 12.2. The molecule has 1 aromatic carbocycles. The summed E-state index contributed by atoms with van der Waals surface area (Å²) in [7, 11) is 1.38. The second-order valence-corrected chi connectivity index (χ2v) is 6.20. The van der Waals surface area contributed by atoms with Gasteiger partial charge in [0.1, 0.15) is 5.56 Å². The summed E-state index contributed by atoms with van der Waals surface area (Å²) in [6.45, 7) is 6.16. The molecule has 122 valence electrons. The number of halogens is 1. The fourth-order valence-corrected chi connectivity index (χ4v) is 2.54. The van der Waals surface area contributed by atoms with E-state index in [4.69, 9.17) is 16.3 Å². The van der Waals surface area contributed by atoms with Crippen LogP contribution < -0.4 is 0 Å². The Morgan fingerprint density at radius 2 is 1.78 bits per heavy atom. The normalized spacial score (nSPS) is 10.9. The van der Waals surface area contributed by atoms with E-state index in [9.17, 15) is 4.79 Å². The number of carbonyl (C=O) groups is 1. The number of hydrogen-bond donors (Lipinski definition) is 0. The third-order valence-corrected chi connectivity index (χ3v) is 3.74.